The van der Waals surface area contributed by atoms with Gasteiger partial charge >= 0.3 is 0 Å². The van der Waals surface area contributed by atoms with E-state index in [1.807, 2.05) is 0 Å². The van der Waals surface area contributed by atoms with Gasteiger partial charge in [-0.05, 0) is 25.1 Å². The number of nitrogen functional groups attached to an aromatic ring is 1. The largest absolute Gasteiger partial charge is 0.384 e. The number of Topliss-reactive ketones (excluding diaryl/α,β-unsaturated/α-hetero) is 1. The maximum absolute atomic E-state index is 13.0. The Morgan fingerprint density at radius 1 is 1.25 bits per heavy atom. The number of hydrogen-bond donors (Lipinski definition) is 1. The normalized spacial score (nSPS) is 10.6. The maximum Gasteiger partial charge on any atom is 0.190 e. The van der Waals surface area contributed by atoms with Crippen molar-refractivity contribution < 1.29 is 13.6 Å². The van der Waals surface area contributed by atoms with Crippen LogP contribution in [0.3, 0.4) is 0 Å². The van der Waals surface area contributed by atoms with Crippen LogP contribution in [0.4, 0.5) is 14.6 Å². The van der Waals surface area contributed by atoms with E-state index in [0.717, 1.165) is 23.9 Å². The van der Waals surface area contributed by atoms with Crippen molar-refractivity contribution in [3.63, 3.8) is 0 Å². The molecule has 0 fully saturated rings. The Bertz CT molecular complexity index is 644. The fourth-order valence-electron chi connectivity index (χ4n) is 1.51. The molecule has 0 bridgehead atoms. The van der Waals surface area contributed by atoms with E-state index in [1.165, 1.54) is 6.07 Å². The van der Waals surface area contributed by atoms with Crippen LogP contribution >= 0.6 is 11.8 Å². The Kier molecular flexibility index (Phi) is 4.29. The van der Waals surface area contributed by atoms with E-state index in [2.05, 4.69) is 9.97 Å². The van der Waals surface area contributed by atoms with E-state index in [-0.39, 0.29) is 17.1 Å². The molecular formula is C13H11F2N3OS. The number of aromatic nitrogens is 2. The first-order chi connectivity index (χ1) is 9.45. The standard InChI is InChI=1S/C13H11F2N3OS/c1-7-4-12(16)18-13(17-7)20-6-11(19)8-2-3-9(14)10(15)5-8/h2-5H,6H2,1H3,(H2,16,17,18). The molecule has 104 valence electrons. The van der Waals surface area contributed by atoms with Crippen LogP contribution in [0.5, 0.6) is 0 Å². The molecule has 0 aliphatic rings. The van der Waals surface area contributed by atoms with Gasteiger partial charge in [0.1, 0.15) is 5.82 Å². The van der Waals surface area contributed by atoms with Gasteiger partial charge < -0.3 is 5.73 Å². The van der Waals surface area contributed by atoms with Gasteiger partial charge in [-0.2, -0.15) is 0 Å². The van der Waals surface area contributed by atoms with Gasteiger partial charge in [-0.3, -0.25) is 4.79 Å². The van der Waals surface area contributed by atoms with E-state index in [4.69, 9.17) is 5.73 Å². The lowest BCUT2D eigenvalue weighted by molar-refractivity contribution is 0.102. The van der Waals surface area contributed by atoms with Crippen molar-refractivity contribution in [2.75, 3.05) is 11.5 Å². The van der Waals surface area contributed by atoms with Gasteiger partial charge in [0.2, 0.25) is 0 Å². The van der Waals surface area contributed by atoms with Crippen LogP contribution in [0.2, 0.25) is 0 Å². The predicted molar refractivity (Wildman–Crippen MR) is 72.6 cm³/mol. The zero-order chi connectivity index (χ0) is 14.7. The molecule has 2 N–H and O–H groups in total. The SMILES string of the molecule is Cc1cc(N)nc(SCC(=O)c2ccc(F)c(F)c2)n1. The minimum atomic E-state index is -1.04. The molecule has 0 radical (unpaired) electrons. The Balaban J connectivity index is 2.06. The van der Waals surface area contributed by atoms with Crippen molar-refractivity contribution in [3.05, 3.63) is 47.2 Å². The summed E-state index contributed by atoms with van der Waals surface area (Å²) in [6.45, 7) is 1.76. The monoisotopic (exact) mass is 295 g/mol. The summed E-state index contributed by atoms with van der Waals surface area (Å²) in [5, 5.41) is 0.374. The molecule has 0 unspecified atom stereocenters. The molecule has 0 saturated heterocycles. The van der Waals surface area contributed by atoms with Gasteiger partial charge in [-0.25, -0.2) is 18.7 Å². The van der Waals surface area contributed by atoms with Crippen molar-refractivity contribution in [1.29, 1.82) is 0 Å². The number of hydrogen-bond acceptors (Lipinski definition) is 5. The van der Waals surface area contributed by atoms with Crippen LogP contribution in [-0.4, -0.2) is 21.5 Å². The molecule has 1 aromatic heterocycles. The first-order valence-electron chi connectivity index (χ1n) is 5.68. The highest BCUT2D eigenvalue weighted by molar-refractivity contribution is 7.99. The summed E-state index contributed by atoms with van der Waals surface area (Å²) in [6.07, 6.45) is 0. The Morgan fingerprint density at radius 3 is 2.65 bits per heavy atom. The Hall–Kier alpha value is -2.02. The molecule has 2 rings (SSSR count). The number of ketones is 1. The number of anilines is 1. The molecule has 0 amide bonds. The molecule has 0 aliphatic carbocycles. The summed E-state index contributed by atoms with van der Waals surface area (Å²) >= 11 is 1.09. The van der Waals surface area contributed by atoms with Crippen molar-refractivity contribution >= 4 is 23.4 Å². The van der Waals surface area contributed by atoms with E-state index in [1.54, 1.807) is 13.0 Å². The number of carbonyl (C=O) groups excluding carboxylic acids is 1. The number of carbonyl (C=O) groups is 1. The van der Waals surface area contributed by atoms with Crippen LogP contribution in [0.25, 0.3) is 0 Å². The first kappa shape index (κ1) is 14.4. The average Bonchev–Trinajstić information content (AvgIpc) is 2.38. The van der Waals surface area contributed by atoms with Crippen molar-refractivity contribution in [2.45, 2.75) is 12.1 Å². The minimum Gasteiger partial charge on any atom is -0.384 e. The number of nitrogens with two attached hydrogens (primary N) is 1. The van der Waals surface area contributed by atoms with E-state index < -0.39 is 11.6 Å². The smallest absolute Gasteiger partial charge is 0.190 e. The summed E-state index contributed by atoms with van der Waals surface area (Å²) in [4.78, 5) is 19.9. The molecule has 7 heteroatoms. The van der Waals surface area contributed by atoms with Crippen LogP contribution in [0.15, 0.2) is 29.4 Å². The molecule has 0 atom stereocenters. The molecule has 20 heavy (non-hydrogen) atoms. The maximum atomic E-state index is 13.0. The Labute approximate surface area is 118 Å². The summed E-state index contributed by atoms with van der Waals surface area (Å²) in [6, 6.07) is 4.66. The fraction of sp³-hybridized carbons (Fsp3) is 0.154. The van der Waals surface area contributed by atoms with E-state index in [0.29, 0.717) is 16.7 Å². The molecule has 4 nitrogen and oxygen atoms in total. The third-order valence-electron chi connectivity index (χ3n) is 2.43. The molecule has 1 aromatic carbocycles. The number of thioether (sulfide) groups is 1. The first-order valence-corrected chi connectivity index (χ1v) is 6.66. The second-order valence-corrected chi connectivity index (χ2v) is 5.00. The highest BCUT2D eigenvalue weighted by atomic mass is 32.2. The van der Waals surface area contributed by atoms with Crippen LogP contribution in [0.1, 0.15) is 16.1 Å². The van der Waals surface area contributed by atoms with Gasteiger partial charge in [-0.15, -0.1) is 0 Å². The predicted octanol–water partition coefficient (Wildman–Crippen LogP) is 2.62. The van der Waals surface area contributed by atoms with Gasteiger partial charge in [-0.1, -0.05) is 11.8 Å². The van der Waals surface area contributed by atoms with Gasteiger partial charge in [0.05, 0.1) is 5.75 Å². The zero-order valence-corrected chi connectivity index (χ0v) is 11.4. The lowest BCUT2D eigenvalue weighted by atomic mass is 10.1. The van der Waals surface area contributed by atoms with Crippen LogP contribution < -0.4 is 5.73 Å². The molecule has 0 aliphatic heterocycles. The third-order valence-corrected chi connectivity index (χ3v) is 3.27. The third kappa shape index (κ3) is 3.51. The second kappa shape index (κ2) is 5.96. The quantitative estimate of drug-likeness (QED) is 0.533. The summed E-state index contributed by atoms with van der Waals surface area (Å²) < 4.78 is 25.8. The van der Waals surface area contributed by atoms with E-state index >= 15 is 0 Å². The summed E-state index contributed by atoms with van der Waals surface area (Å²) in [5.41, 5.74) is 6.38. The summed E-state index contributed by atoms with van der Waals surface area (Å²) in [7, 11) is 0. The second-order valence-electron chi connectivity index (χ2n) is 4.06. The van der Waals surface area contributed by atoms with Gasteiger partial charge in [0, 0.05) is 17.3 Å². The van der Waals surface area contributed by atoms with Crippen molar-refractivity contribution in [3.8, 4) is 0 Å². The molecular weight excluding hydrogens is 284 g/mol. The zero-order valence-electron chi connectivity index (χ0n) is 10.6. The number of benzene rings is 1. The topological polar surface area (TPSA) is 68.9 Å². The lowest BCUT2D eigenvalue weighted by Gasteiger charge is -2.03. The number of nitrogens with zero attached hydrogens (tertiary/aromatic N) is 2. The number of halogens is 2. The van der Waals surface area contributed by atoms with Crippen LogP contribution in [0, 0.1) is 18.6 Å². The van der Waals surface area contributed by atoms with Crippen molar-refractivity contribution in [2.24, 2.45) is 0 Å². The van der Waals surface area contributed by atoms with Gasteiger partial charge in [0.15, 0.2) is 22.6 Å². The van der Waals surface area contributed by atoms with Crippen LogP contribution in [-0.2, 0) is 0 Å². The van der Waals surface area contributed by atoms with Crippen molar-refractivity contribution in [1.82, 2.24) is 9.97 Å². The Morgan fingerprint density at radius 2 is 2.00 bits per heavy atom. The molecule has 2 aromatic rings. The number of rotatable bonds is 4. The highest BCUT2D eigenvalue weighted by Crippen LogP contribution is 2.18. The van der Waals surface area contributed by atoms with Gasteiger partial charge in [0.25, 0.3) is 0 Å². The molecule has 1 heterocycles. The number of aryl methyl sites for hydroxylation is 1. The lowest BCUT2D eigenvalue weighted by Crippen LogP contribution is -2.05. The molecule has 0 saturated carbocycles. The fourth-order valence-corrected chi connectivity index (χ4v) is 2.32. The summed E-state index contributed by atoms with van der Waals surface area (Å²) in [5.74, 6) is -2.02. The minimum absolute atomic E-state index is 0.0218. The van der Waals surface area contributed by atoms with E-state index in [9.17, 15) is 13.6 Å². The average molecular weight is 295 g/mol. The highest BCUT2D eigenvalue weighted by Gasteiger charge is 2.11. The molecule has 0 spiro atoms.